The number of pyridine rings is 1. The summed E-state index contributed by atoms with van der Waals surface area (Å²) >= 11 is 0. The molecule has 1 heterocycles. The molecule has 0 radical (unpaired) electrons. The number of aliphatic hydroxyl groups is 1. The molecule has 0 saturated heterocycles. The van der Waals surface area contributed by atoms with E-state index >= 15 is 0 Å². The van der Waals surface area contributed by atoms with E-state index in [1.165, 1.54) is 12.8 Å². The van der Waals surface area contributed by atoms with E-state index in [9.17, 15) is 5.11 Å². The number of anilines is 1. The summed E-state index contributed by atoms with van der Waals surface area (Å²) in [7, 11) is 2.08. The smallest absolute Gasteiger partial charge is 0.128 e. The van der Waals surface area contributed by atoms with Crippen LogP contribution in [0.3, 0.4) is 0 Å². The van der Waals surface area contributed by atoms with Crippen molar-refractivity contribution < 1.29 is 5.11 Å². The lowest BCUT2D eigenvalue weighted by Crippen LogP contribution is -2.31. The molecule has 1 saturated carbocycles. The summed E-state index contributed by atoms with van der Waals surface area (Å²) in [6.45, 7) is 4.03. The van der Waals surface area contributed by atoms with Crippen LogP contribution in [0, 0.1) is 5.92 Å². The van der Waals surface area contributed by atoms with Gasteiger partial charge < -0.3 is 10.0 Å². The molecule has 16 heavy (non-hydrogen) atoms. The summed E-state index contributed by atoms with van der Waals surface area (Å²) in [5.74, 6) is 1.78. The summed E-state index contributed by atoms with van der Waals surface area (Å²) in [5, 5.41) is 9.54. The molecule has 1 fully saturated rings. The Labute approximate surface area is 97.1 Å². The van der Waals surface area contributed by atoms with E-state index in [-0.39, 0.29) is 0 Å². The zero-order chi connectivity index (χ0) is 11.7. The molecular formula is C13H20N2O. The Hall–Kier alpha value is -1.09. The molecule has 3 nitrogen and oxygen atoms in total. The number of nitrogens with zero attached hydrogens (tertiary/aromatic N) is 2. The molecule has 1 aromatic rings. The van der Waals surface area contributed by atoms with Crippen molar-refractivity contribution in [2.45, 2.75) is 38.8 Å². The van der Waals surface area contributed by atoms with Gasteiger partial charge >= 0.3 is 0 Å². The highest BCUT2D eigenvalue weighted by Crippen LogP contribution is 2.36. The highest BCUT2D eigenvalue weighted by atomic mass is 16.3. The van der Waals surface area contributed by atoms with Gasteiger partial charge in [-0.3, -0.25) is 0 Å². The molecule has 0 aliphatic heterocycles. The maximum atomic E-state index is 9.54. The first-order valence-electron chi connectivity index (χ1n) is 5.96. The van der Waals surface area contributed by atoms with Gasteiger partial charge in [-0.15, -0.1) is 0 Å². The second-order valence-electron chi connectivity index (χ2n) is 4.81. The van der Waals surface area contributed by atoms with E-state index in [1.807, 2.05) is 12.1 Å². The molecule has 1 aromatic heterocycles. The number of aliphatic hydroxyl groups excluding tert-OH is 1. The predicted molar refractivity (Wildman–Crippen MR) is 65.5 cm³/mol. The Morgan fingerprint density at radius 2 is 2.12 bits per heavy atom. The first-order valence-corrected chi connectivity index (χ1v) is 5.96. The van der Waals surface area contributed by atoms with Crippen LogP contribution in [0.5, 0.6) is 0 Å². The van der Waals surface area contributed by atoms with E-state index < -0.39 is 6.10 Å². The highest BCUT2D eigenvalue weighted by molar-refractivity contribution is 5.42. The van der Waals surface area contributed by atoms with E-state index in [2.05, 4.69) is 23.9 Å². The molecule has 1 N–H and O–H groups in total. The molecule has 2 rings (SSSR count). The first-order chi connectivity index (χ1) is 7.59. The minimum Gasteiger partial charge on any atom is -0.389 e. The van der Waals surface area contributed by atoms with Crippen molar-refractivity contribution in [3.8, 4) is 0 Å². The van der Waals surface area contributed by atoms with Crippen LogP contribution in [0.1, 0.15) is 38.4 Å². The van der Waals surface area contributed by atoms with Gasteiger partial charge in [0.05, 0.1) is 6.10 Å². The summed E-state index contributed by atoms with van der Waals surface area (Å²) in [4.78, 5) is 6.58. The quantitative estimate of drug-likeness (QED) is 0.846. The fourth-order valence-corrected chi connectivity index (χ4v) is 1.99. The van der Waals surface area contributed by atoms with Crippen LogP contribution in [0.25, 0.3) is 0 Å². The molecule has 1 aliphatic carbocycles. The molecule has 2 atom stereocenters. The third kappa shape index (κ3) is 2.35. The second-order valence-corrected chi connectivity index (χ2v) is 4.81. The molecule has 0 bridgehead atoms. The Bertz CT molecular complexity index is 361. The average Bonchev–Trinajstić information content (AvgIpc) is 3.11. The molecule has 1 aliphatic rings. The lowest BCUT2D eigenvalue weighted by Gasteiger charge is -2.26. The fraction of sp³-hybridized carbons (Fsp3) is 0.615. The van der Waals surface area contributed by atoms with Gasteiger partial charge in [-0.05, 0) is 50.3 Å². The molecule has 1 unspecified atom stereocenters. The van der Waals surface area contributed by atoms with Crippen LogP contribution in [0.15, 0.2) is 18.3 Å². The zero-order valence-electron chi connectivity index (χ0n) is 10.2. The van der Waals surface area contributed by atoms with E-state index in [4.69, 9.17) is 0 Å². The SMILES string of the molecule is CC(C1CC1)N(C)c1cc([C@H](C)O)ccn1. The van der Waals surface area contributed by atoms with Crippen molar-refractivity contribution in [2.24, 2.45) is 5.92 Å². The van der Waals surface area contributed by atoms with Crippen molar-refractivity contribution in [3.63, 3.8) is 0 Å². The van der Waals surface area contributed by atoms with Crippen molar-refractivity contribution in [1.82, 2.24) is 4.98 Å². The summed E-state index contributed by atoms with van der Waals surface area (Å²) < 4.78 is 0. The standard InChI is InChI=1S/C13H20N2O/c1-9(11-4-5-11)15(3)13-8-12(10(2)16)6-7-14-13/h6-11,16H,4-5H2,1-3H3/t9?,10-/m0/s1. The van der Waals surface area contributed by atoms with Gasteiger partial charge in [-0.1, -0.05) is 0 Å². The Balaban J connectivity index is 2.15. The maximum absolute atomic E-state index is 9.54. The predicted octanol–water partition coefficient (Wildman–Crippen LogP) is 2.37. The molecule has 0 aromatic carbocycles. The molecule has 0 amide bonds. The molecular weight excluding hydrogens is 200 g/mol. The van der Waals surface area contributed by atoms with Gasteiger partial charge in [0.15, 0.2) is 0 Å². The third-order valence-electron chi connectivity index (χ3n) is 3.53. The largest absolute Gasteiger partial charge is 0.389 e. The lowest BCUT2D eigenvalue weighted by atomic mass is 10.1. The van der Waals surface area contributed by atoms with Gasteiger partial charge in [-0.25, -0.2) is 4.98 Å². The number of rotatable bonds is 4. The number of hydrogen-bond donors (Lipinski definition) is 1. The minimum absolute atomic E-state index is 0.425. The van der Waals surface area contributed by atoms with E-state index in [0.29, 0.717) is 6.04 Å². The average molecular weight is 220 g/mol. The second kappa shape index (κ2) is 4.42. The van der Waals surface area contributed by atoms with Crippen molar-refractivity contribution in [3.05, 3.63) is 23.9 Å². The van der Waals surface area contributed by atoms with Crippen LogP contribution in [-0.4, -0.2) is 23.2 Å². The summed E-state index contributed by atoms with van der Waals surface area (Å²) in [6, 6.07) is 4.38. The van der Waals surface area contributed by atoms with Gasteiger partial charge in [0.25, 0.3) is 0 Å². The summed E-state index contributed by atoms with van der Waals surface area (Å²) in [6.07, 6.45) is 4.02. The Morgan fingerprint density at radius 1 is 1.44 bits per heavy atom. The Morgan fingerprint density at radius 3 is 2.69 bits per heavy atom. The normalized spacial score (nSPS) is 19.2. The topological polar surface area (TPSA) is 36.4 Å². The number of hydrogen-bond acceptors (Lipinski definition) is 3. The molecule has 88 valence electrons. The minimum atomic E-state index is -0.425. The van der Waals surface area contributed by atoms with Crippen LogP contribution in [-0.2, 0) is 0 Å². The maximum Gasteiger partial charge on any atom is 0.128 e. The lowest BCUT2D eigenvalue weighted by molar-refractivity contribution is 0.199. The monoisotopic (exact) mass is 220 g/mol. The Kier molecular flexibility index (Phi) is 3.15. The van der Waals surface area contributed by atoms with Crippen LogP contribution in [0.2, 0.25) is 0 Å². The van der Waals surface area contributed by atoms with Crippen LogP contribution >= 0.6 is 0 Å². The van der Waals surface area contributed by atoms with Gasteiger partial charge in [0.2, 0.25) is 0 Å². The molecule has 0 spiro atoms. The van der Waals surface area contributed by atoms with Crippen LogP contribution < -0.4 is 4.90 Å². The highest BCUT2D eigenvalue weighted by Gasteiger charge is 2.31. The first kappa shape index (κ1) is 11.4. The van der Waals surface area contributed by atoms with Crippen molar-refractivity contribution >= 4 is 5.82 Å². The number of aromatic nitrogens is 1. The van der Waals surface area contributed by atoms with Gasteiger partial charge in [-0.2, -0.15) is 0 Å². The fourth-order valence-electron chi connectivity index (χ4n) is 1.99. The summed E-state index contributed by atoms with van der Waals surface area (Å²) in [5.41, 5.74) is 0.930. The molecule has 3 heteroatoms. The van der Waals surface area contributed by atoms with Crippen LogP contribution in [0.4, 0.5) is 5.82 Å². The van der Waals surface area contributed by atoms with Crippen molar-refractivity contribution in [1.29, 1.82) is 0 Å². The third-order valence-corrected chi connectivity index (χ3v) is 3.53. The van der Waals surface area contributed by atoms with E-state index in [0.717, 1.165) is 17.3 Å². The zero-order valence-corrected chi connectivity index (χ0v) is 10.2. The van der Waals surface area contributed by atoms with E-state index in [1.54, 1.807) is 13.1 Å². The van der Waals surface area contributed by atoms with Gasteiger partial charge in [0, 0.05) is 19.3 Å². The van der Waals surface area contributed by atoms with Gasteiger partial charge in [0.1, 0.15) is 5.82 Å². The van der Waals surface area contributed by atoms with Crippen molar-refractivity contribution in [2.75, 3.05) is 11.9 Å².